The lowest BCUT2D eigenvalue weighted by Gasteiger charge is -2.20. The largest absolute Gasteiger partial charge is 0.406 e. The first kappa shape index (κ1) is 15.8. The van der Waals surface area contributed by atoms with E-state index in [-0.39, 0.29) is 12.6 Å². The minimum atomic E-state index is -4.37. The first-order valence-corrected chi connectivity index (χ1v) is 6.83. The van der Waals surface area contributed by atoms with Crippen LogP contribution in [0.3, 0.4) is 0 Å². The predicted molar refractivity (Wildman–Crippen MR) is 68.6 cm³/mol. The molecule has 1 aliphatic heterocycles. The second-order valence-electron chi connectivity index (χ2n) is 4.97. The number of carbonyl (C=O) groups is 1. The Hall–Kier alpha value is -1.57. The Kier molecular flexibility index (Phi) is 4.55. The van der Waals surface area contributed by atoms with Crippen molar-refractivity contribution in [3.05, 3.63) is 18.2 Å². The minimum Gasteiger partial charge on any atom is -0.371 e. The highest BCUT2D eigenvalue weighted by molar-refractivity contribution is 5.82. The van der Waals surface area contributed by atoms with Crippen LogP contribution in [-0.2, 0) is 9.53 Å². The molecule has 0 unspecified atom stereocenters. The van der Waals surface area contributed by atoms with E-state index < -0.39 is 24.7 Å². The van der Waals surface area contributed by atoms with Gasteiger partial charge >= 0.3 is 6.18 Å². The maximum absolute atomic E-state index is 12.4. The van der Waals surface area contributed by atoms with Crippen LogP contribution >= 0.6 is 0 Å². The lowest BCUT2D eigenvalue weighted by atomic mass is 10.2. The summed E-state index contributed by atoms with van der Waals surface area (Å²) in [4.78, 5) is 17.2. The summed E-state index contributed by atoms with van der Waals surface area (Å²) in [5.41, 5.74) is 0. The summed E-state index contributed by atoms with van der Waals surface area (Å²) < 4.78 is 44.3. The fraction of sp³-hybridized carbons (Fsp3) is 0.692. The molecule has 0 radical (unpaired) electrons. The third-order valence-corrected chi connectivity index (χ3v) is 3.45. The zero-order valence-corrected chi connectivity index (χ0v) is 11.9. The Morgan fingerprint density at radius 1 is 1.52 bits per heavy atom. The summed E-state index contributed by atoms with van der Waals surface area (Å²) in [6, 6.07) is -0.632. The summed E-state index contributed by atoms with van der Waals surface area (Å²) in [6.45, 7) is 3.04. The van der Waals surface area contributed by atoms with Gasteiger partial charge in [-0.05, 0) is 20.3 Å². The Labute approximate surface area is 120 Å². The van der Waals surface area contributed by atoms with E-state index in [1.165, 1.54) is 6.20 Å². The van der Waals surface area contributed by atoms with Gasteiger partial charge in [-0.25, -0.2) is 4.98 Å². The molecule has 2 atom stereocenters. The highest BCUT2D eigenvalue weighted by Gasteiger charge is 2.40. The Morgan fingerprint density at radius 2 is 2.24 bits per heavy atom. The van der Waals surface area contributed by atoms with Gasteiger partial charge in [-0.1, -0.05) is 0 Å². The number of ether oxygens (including phenoxy) is 1. The molecule has 118 valence electrons. The van der Waals surface area contributed by atoms with Gasteiger partial charge in [-0.15, -0.1) is 0 Å². The van der Waals surface area contributed by atoms with E-state index in [2.05, 4.69) is 4.98 Å². The van der Waals surface area contributed by atoms with Gasteiger partial charge in [0, 0.05) is 25.5 Å². The smallest absolute Gasteiger partial charge is 0.371 e. The van der Waals surface area contributed by atoms with E-state index in [0.717, 1.165) is 4.90 Å². The fourth-order valence-corrected chi connectivity index (χ4v) is 2.58. The SMILES string of the molecule is CCO[C@H](C)c1nccn1[C@H]1CCN(CC(F)(F)F)C1=O. The number of amides is 1. The van der Waals surface area contributed by atoms with Gasteiger partial charge in [-0.3, -0.25) is 4.79 Å². The third kappa shape index (κ3) is 3.55. The average molecular weight is 305 g/mol. The van der Waals surface area contributed by atoms with Crippen molar-refractivity contribution in [3.8, 4) is 0 Å². The lowest BCUT2D eigenvalue weighted by Crippen LogP contribution is -2.36. The zero-order chi connectivity index (χ0) is 15.6. The van der Waals surface area contributed by atoms with E-state index in [1.807, 2.05) is 6.92 Å². The molecule has 1 amide bonds. The van der Waals surface area contributed by atoms with Gasteiger partial charge in [0.1, 0.15) is 24.5 Å². The molecule has 0 bridgehead atoms. The highest BCUT2D eigenvalue weighted by Crippen LogP contribution is 2.29. The van der Waals surface area contributed by atoms with Crippen molar-refractivity contribution < 1.29 is 22.7 Å². The standard InChI is InChI=1S/C13H18F3N3O2/c1-3-21-9(2)11-17-5-7-19(11)10-4-6-18(12(10)20)8-13(14,15)16/h5,7,9-10H,3-4,6,8H2,1-2H3/t9-,10+/m1/s1. The number of rotatable bonds is 5. The van der Waals surface area contributed by atoms with Crippen molar-refractivity contribution in [2.45, 2.75) is 38.6 Å². The van der Waals surface area contributed by atoms with E-state index in [4.69, 9.17) is 4.74 Å². The predicted octanol–water partition coefficient (Wildman–Crippen LogP) is 2.32. The molecule has 21 heavy (non-hydrogen) atoms. The average Bonchev–Trinajstić information content (AvgIpc) is 2.96. The van der Waals surface area contributed by atoms with E-state index in [1.54, 1.807) is 17.7 Å². The number of hydrogen-bond donors (Lipinski definition) is 0. The molecule has 0 aromatic carbocycles. The molecule has 1 aliphatic rings. The van der Waals surface area contributed by atoms with Crippen molar-refractivity contribution in [3.63, 3.8) is 0 Å². The van der Waals surface area contributed by atoms with Crippen LogP contribution in [0.15, 0.2) is 12.4 Å². The van der Waals surface area contributed by atoms with Crippen LogP contribution in [0.1, 0.15) is 38.2 Å². The van der Waals surface area contributed by atoms with Crippen LogP contribution in [-0.4, -0.2) is 46.2 Å². The van der Waals surface area contributed by atoms with Crippen molar-refractivity contribution in [2.24, 2.45) is 0 Å². The second kappa shape index (κ2) is 6.05. The van der Waals surface area contributed by atoms with E-state index in [9.17, 15) is 18.0 Å². The number of hydrogen-bond acceptors (Lipinski definition) is 3. The number of imidazole rings is 1. The van der Waals surface area contributed by atoms with Crippen LogP contribution in [0.5, 0.6) is 0 Å². The number of aromatic nitrogens is 2. The molecule has 0 N–H and O–H groups in total. The molecule has 1 aromatic heterocycles. The molecular formula is C13H18F3N3O2. The van der Waals surface area contributed by atoms with Gasteiger partial charge in [-0.2, -0.15) is 13.2 Å². The summed E-state index contributed by atoms with van der Waals surface area (Å²) in [5.74, 6) is 0.0410. The zero-order valence-electron chi connectivity index (χ0n) is 11.9. The maximum Gasteiger partial charge on any atom is 0.406 e. The van der Waals surface area contributed by atoms with E-state index in [0.29, 0.717) is 18.9 Å². The Bertz CT molecular complexity index is 501. The highest BCUT2D eigenvalue weighted by atomic mass is 19.4. The number of carbonyl (C=O) groups excluding carboxylic acids is 1. The molecule has 0 aliphatic carbocycles. The van der Waals surface area contributed by atoms with Crippen molar-refractivity contribution in [1.82, 2.24) is 14.5 Å². The fourth-order valence-electron chi connectivity index (χ4n) is 2.58. The molecule has 2 rings (SSSR count). The van der Waals surface area contributed by atoms with Gasteiger partial charge in [0.15, 0.2) is 0 Å². The summed E-state index contributed by atoms with van der Waals surface area (Å²) >= 11 is 0. The first-order chi connectivity index (χ1) is 9.83. The third-order valence-electron chi connectivity index (χ3n) is 3.45. The van der Waals surface area contributed by atoms with Crippen LogP contribution in [0, 0.1) is 0 Å². The molecule has 8 heteroatoms. The summed E-state index contributed by atoms with van der Waals surface area (Å²) in [5, 5.41) is 0. The molecule has 0 saturated carbocycles. The van der Waals surface area contributed by atoms with Crippen LogP contribution < -0.4 is 0 Å². The number of alkyl halides is 3. The quantitative estimate of drug-likeness (QED) is 0.839. The molecule has 1 saturated heterocycles. The van der Waals surface area contributed by atoms with Crippen molar-refractivity contribution >= 4 is 5.91 Å². The second-order valence-corrected chi connectivity index (χ2v) is 4.97. The minimum absolute atomic E-state index is 0.101. The van der Waals surface area contributed by atoms with Gasteiger partial charge < -0.3 is 14.2 Å². The van der Waals surface area contributed by atoms with Crippen LogP contribution in [0.2, 0.25) is 0 Å². The molecular weight excluding hydrogens is 287 g/mol. The molecule has 1 aromatic rings. The number of likely N-dealkylation sites (tertiary alicyclic amines) is 1. The van der Waals surface area contributed by atoms with Gasteiger partial charge in [0.05, 0.1) is 0 Å². The monoisotopic (exact) mass is 305 g/mol. The van der Waals surface area contributed by atoms with Crippen LogP contribution in [0.25, 0.3) is 0 Å². The molecule has 1 fully saturated rings. The van der Waals surface area contributed by atoms with Gasteiger partial charge in [0.2, 0.25) is 5.91 Å². The number of nitrogens with zero attached hydrogens (tertiary/aromatic N) is 3. The lowest BCUT2D eigenvalue weighted by molar-refractivity contribution is -0.158. The molecule has 0 spiro atoms. The Morgan fingerprint density at radius 3 is 2.86 bits per heavy atom. The normalized spacial score (nSPS) is 21.1. The number of halogens is 3. The van der Waals surface area contributed by atoms with Gasteiger partial charge in [0.25, 0.3) is 0 Å². The molecule has 2 heterocycles. The first-order valence-electron chi connectivity index (χ1n) is 6.83. The summed E-state index contributed by atoms with van der Waals surface area (Å²) in [7, 11) is 0. The molecule has 5 nitrogen and oxygen atoms in total. The van der Waals surface area contributed by atoms with Crippen molar-refractivity contribution in [2.75, 3.05) is 19.7 Å². The topological polar surface area (TPSA) is 47.4 Å². The van der Waals surface area contributed by atoms with E-state index >= 15 is 0 Å². The maximum atomic E-state index is 12.4. The summed E-state index contributed by atoms with van der Waals surface area (Å²) in [6.07, 6.45) is -1.19. The van der Waals surface area contributed by atoms with Crippen LogP contribution in [0.4, 0.5) is 13.2 Å². The Balaban J connectivity index is 2.14. The van der Waals surface area contributed by atoms with Crippen molar-refractivity contribution in [1.29, 1.82) is 0 Å².